The Morgan fingerprint density at radius 2 is 1.87 bits per heavy atom. The summed E-state index contributed by atoms with van der Waals surface area (Å²) in [4.78, 5) is 4.25. The number of hydrogen-bond donors (Lipinski definition) is 2. The van der Waals surface area contributed by atoms with Crippen molar-refractivity contribution in [1.29, 1.82) is 0 Å². The summed E-state index contributed by atoms with van der Waals surface area (Å²) in [6.45, 7) is 8.87. The van der Waals surface area contributed by atoms with Crippen molar-refractivity contribution in [3.8, 4) is 0 Å². The van der Waals surface area contributed by atoms with Crippen molar-refractivity contribution in [2.45, 2.75) is 64.9 Å². The second-order valence-electron chi connectivity index (χ2n) is 6.73. The molecule has 0 saturated carbocycles. The maximum Gasteiger partial charge on any atom is 0.190 e. The average Bonchev–Trinajstić information content (AvgIpc) is 3.04. The summed E-state index contributed by atoms with van der Waals surface area (Å²) >= 11 is 0. The van der Waals surface area contributed by atoms with Gasteiger partial charge in [0, 0.05) is 33.4 Å². The topological polar surface area (TPSA) is 54.9 Å². The van der Waals surface area contributed by atoms with Crippen molar-refractivity contribution in [2.75, 3.05) is 40.0 Å². The van der Waals surface area contributed by atoms with E-state index in [0.29, 0.717) is 6.10 Å². The Morgan fingerprint density at radius 1 is 1.13 bits per heavy atom. The van der Waals surface area contributed by atoms with Crippen LogP contribution in [0.4, 0.5) is 0 Å². The number of nitrogens with one attached hydrogen (secondary N) is 2. The van der Waals surface area contributed by atoms with Crippen LogP contribution in [0.1, 0.15) is 58.8 Å². The van der Waals surface area contributed by atoms with Crippen LogP contribution in [0.5, 0.6) is 0 Å². The molecule has 0 radical (unpaired) electrons. The van der Waals surface area contributed by atoms with Crippen LogP contribution in [0.15, 0.2) is 4.99 Å². The van der Waals surface area contributed by atoms with Gasteiger partial charge in [0.15, 0.2) is 5.96 Å². The van der Waals surface area contributed by atoms with E-state index in [1.165, 1.54) is 32.1 Å². The third-order valence-electron chi connectivity index (χ3n) is 4.08. The smallest absolute Gasteiger partial charge is 0.190 e. The largest absolute Gasteiger partial charge is 0.379 e. The van der Waals surface area contributed by atoms with Crippen LogP contribution in [0.2, 0.25) is 0 Å². The van der Waals surface area contributed by atoms with Crippen LogP contribution in [0, 0.1) is 5.92 Å². The minimum atomic E-state index is 0.308. The van der Waals surface area contributed by atoms with Crippen LogP contribution in [0.25, 0.3) is 0 Å². The van der Waals surface area contributed by atoms with E-state index in [2.05, 4.69) is 29.5 Å². The Labute approximate surface area is 142 Å². The third-order valence-corrected chi connectivity index (χ3v) is 4.08. The monoisotopic (exact) mass is 327 g/mol. The number of ether oxygens (including phenoxy) is 2. The maximum absolute atomic E-state index is 5.75. The molecule has 5 heteroatoms. The van der Waals surface area contributed by atoms with Crippen LogP contribution in [-0.4, -0.2) is 52.0 Å². The maximum atomic E-state index is 5.75. The van der Waals surface area contributed by atoms with Gasteiger partial charge < -0.3 is 20.1 Å². The lowest BCUT2D eigenvalue weighted by Gasteiger charge is -2.13. The average molecular weight is 328 g/mol. The van der Waals surface area contributed by atoms with Crippen LogP contribution in [-0.2, 0) is 9.47 Å². The lowest BCUT2D eigenvalue weighted by Crippen LogP contribution is -2.38. The van der Waals surface area contributed by atoms with Crippen molar-refractivity contribution >= 4 is 5.96 Å². The summed E-state index contributed by atoms with van der Waals surface area (Å²) in [5.41, 5.74) is 0. The Balaban J connectivity index is 1.89. The van der Waals surface area contributed by atoms with Crippen molar-refractivity contribution in [3.05, 3.63) is 0 Å². The molecule has 0 spiro atoms. The van der Waals surface area contributed by atoms with E-state index in [1.807, 2.05) is 7.05 Å². The first-order valence-electron chi connectivity index (χ1n) is 9.36. The second kappa shape index (κ2) is 13.6. The highest BCUT2D eigenvalue weighted by atomic mass is 16.5. The first-order valence-corrected chi connectivity index (χ1v) is 9.36. The normalized spacial score (nSPS) is 18.6. The van der Waals surface area contributed by atoms with Gasteiger partial charge in [0.05, 0.1) is 12.7 Å². The molecule has 1 atom stereocenters. The SMILES string of the molecule is CN=C(NCCCCCCC(C)C)NCCCOC1CCOC1. The quantitative estimate of drug-likeness (QED) is 0.329. The lowest BCUT2D eigenvalue weighted by molar-refractivity contribution is 0.0420. The molecule has 1 aliphatic rings. The molecule has 1 saturated heterocycles. The summed E-state index contributed by atoms with van der Waals surface area (Å²) in [5, 5.41) is 6.72. The molecule has 1 fully saturated rings. The first kappa shape index (κ1) is 20.2. The van der Waals surface area contributed by atoms with Gasteiger partial charge in [-0.25, -0.2) is 0 Å². The second-order valence-corrected chi connectivity index (χ2v) is 6.73. The van der Waals surface area contributed by atoms with E-state index in [-0.39, 0.29) is 0 Å². The molecule has 1 heterocycles. The molecule has 0 aromatic heterocycles. The highest BCUT2D eigenvalue weighted by Gasteiger charge is 2.15. The van der Waals surface area contributed by atoms with E-state index in [9.17, 15) is 0 Å². The van der Waals surface area contributed by atoms with E-state index < -0.39 is 0 Å². The molecule has 0 aromatic carbocycles. The van der Waals surface area contributed by atoms with Gasteiger partial charge in [0.25, 0.3) is 0 Å². The number of rotatable bonds is 12. The third kappa shape index (κ3) is 11.4. The summed E-state index contributed by atoms with van der Waals surface area (Å²) in [5.74, 6) is 1.73. The van der Waals surface area contributed by atoms with Gasteiger partial charge in [-0.1, -0.05) is 39.5 Å². The molecular formula is C18H37N3O2. The zero-order valence-corrected chi connectivity index (χ0v) is 15.4. The standard InChI is InChI=1S/C18H37N3O2/c1-16(2)9-6-4-5-7-11-20-18(19-3)21-12-8-13-23-17-10-14-22-15-17/h16-17H,4-15H2,1-3H3,(H2,19,20,21). The highest BCUT2D eigenvalue weighted by molar-refractivity contribution is 5.79. The Morgan fingerprint density at radius 3 is 2.52 bits per heavy atom. The van der Waals surface area contributed by atoms with E-state index >= 15 is 0 Å². The number of guanidine groups is 1. The molecule has 2 N–H and O–H groups in total. The van der Waals surface area contributed by atoms with E-state index in [0.717, 1.165) is 57.6 Å². The molecule has 23 heavy (non-hydrogen) atoms. The number of hydrogen-bond acceptors (Lipinski definition) is 3. The summed E-state index contributed by atoms with van der Waals surface area (Å²) in [6.07, 6.45) is 8.90. The minimum absolute atomic E-state index is 0.308. The summed E-state index contributed by atoms with van der Waals surface area (Å²) < 4.78 is 11.0. The van der Waals surface area contributed by atoms with Crippen LogP contribution < -0.4 is 10.6 Å². The van der Waals surface area contributed by atoms with Crippen molar-refractivity contribution in [2.24, 2.45) is 10.9 Å². The van der Waals surface area contributed by atoms with Crippen molar-refractivity contribution in [3.63, 3.8) is 0 Å². The van der Waals surface area contributed by atoms with Gasteiger partial charge in [-0.15, -0.1) is 0 Å². The Kier molecular flexibility index (Phi) is 12.0. The Bertz CT molecular complexity index is 303. The van der Waals surface area contributed by atoms with Gasteiger partial charge in [0.1, 0.15) is 0 Å². The van der Waals surface area contributed by atoms with Crippen LogP contribution in [0.3, 0.4) is 0 Å². The molecule has 1 rings (SSSR count). The molecular weight excluding hydrogens is 290 g/mol. The molecule has 1 unspecified atom stereocenters. The Hall–Kier alpha value is -0.810. The molecule has 5 nitrogen and oxygen atoms in total. The van der Waals surface area contributed by atoms with E-state index in [1.54, 1.807) is 0 Å². The van der Waals surface area contributed by atoms with E-state index in [4.69, 9.17) is 9.47 Å². The highest BCUT2D eigenvalue weighted by Crippen LogP contribution is 2.09. The molecule has 0 amide bonds. The summed E-state index contributed by atoms with van der Waals surface area (Å²) in [6, 6.07) is 0. The summed E-state index contributed by atoms with van der Waals surface area (Å²) in [7, 11) is 1.82. The molecule has 136 valence electrons. The fraction of sp³-hybridized carbons (Fsp3) is 0.944. The zero-order chi connectivity index (χ0) is 16.8. The fourth-order valence-corrected chi connectivity index (χ4v) is 2.63. The van der Waals surface area contributed by atoms with Gasteiger partial charge >= 0.3 is 0 Å². The predicted octanol–water partition coefficient (Wildman–Crippen LogP) is 2.95. The predicted molar refractivity (Wildman–Crippen MR) is 97.1 cm³/mol. The molecule has 0 aliphatic carbocycles. The van der Waals surface area contributed by atoms with Gasteiger partial charge in [0.2, 0.25) is 0 Å². The zero-order valence-electron chi connectivity index (χ0n) is 15.4. The van der Waals surface area contributed by atoms with Crippen LogP contribution >= 0.6 is 0 Å². The minimum Gasteiger partial charge on any atom is -0.379 e. The van der Waals surface area contributed by atoms with Crippen molar-refractivity contribution in [1.82, 2.24) is 10.6 Å². The number of nitrogens with zero attached hydrogens (tertiary/aromatic N) is 1. The first-order chi connectivity index (χ1) is 11.2. The molecule has 0 aromatic rings. The molecule has 0 bridgehead atoms. The number of aliphatic imine (C=N–C) groups is 1. The van der Waals surface area contributed by atoms with Crippen molar-refractivity contribution < 1.29 is 9.47 Å². The lowest BCUT2D eigenvalue weighted by atomic mass is 10.0. The fourth-order valence-electron chi connectivity index (χ4n) is 2.63. The van der Waals surface area contributed by atoms with Gasteiger partial charge in [-0.2, -0.15) is 0 Å². The number of unbranched alkanes of at least 4 members (excludes halogenated alkanes) is 3. The molecule has 1 aliphatic heterocycles. The van der Waals surface area contributed by atoms with Gasteiger partial charge in [-0.3, -0.25) is 4.99 Å². The van der Waals surface area contributed by atoms with Gasteiger partial charge in [-0.05, 0) is 25.2 Å².